The van der Waals surface area contributed by atoms with Crippen molar-refractivity contribution >= 4 is 11.7 Å². The predicted molar refractivity (Wildman–Crippen MR) is 55.6 cm³/mol. The first kappa shape index (κ1) is 10.3. The van der Waals surface area contributed by atoms with Crippen molar-refractivity contribution in [1.82, 2.24) is 4.98 Å². The Morgan fingerprint density at radius 3 is 2.93 bits per heavy atom. The highest BCUT2D eigenvalue weighted by molar-refractivity contribution is 5.97. The Balaban J connectivity index is 3.07. The number of nitrogens with two attached hydrogens (primary N) is 1. The van der Waals surface area contributed by atoms with Gasteiger partial charge in [-0.15, -0.1) is 0 Å². The summed E-state index contributed by atoms with van der Waals surface area (Å²) in [7, 11) is 0. The van der Waals surface area contributed by atoms with Crippen LogP contribution in [0.1, 0.15) is 18.2 Å². The number of nitrogens with one attached hydrogen (secondary N) is 1. The lowest BCUT2D eigenvalue weighted by atomic mass is 10.2. The van der Waals surface area contributed by atoms with Crippen molar-refractivity contribution in [2.24, 2.45) is 10.9 Å². The van der Waals surface area contributed by atoms with Crippen molar-refractivity contribution in [3.05, 3.63) is 23.4 Å². The van der Waals surface area contributed by atoms with E-state index in [1.807, 2.05) is 13.8 Å². The molecule has 1 heterocycles. The molecule has 1 aromatic heterocycles. The fraction of sp³-hybridized carbons (Fsp3) is 0.333. The lowest BCUT2D eigenvalue weighted by Crippen LogP contribution is -2.14. The van der Waals surface area contributed by atoms with E-state index in [9.17, 15) is 0 Å². The lowest BCUT2D eigenvalue weighted by molar-refractivity contribution is 0.318. The summed E-state index contributed by atoms with van der Waals surface area (Å²) in [4.78, 5) is 4.24. The summed E-state index contributed by atoms with van der Waals surface area (Å²) >= 11 is 0. The fourth-order valence-electron chi connectivity index (χ4n) is 1.15. The van der Waals surface area contributed by atoms with Gasteiger partial charge in [0.2, 0.25) is 0 Å². The normalized spacial score (nSPS) is 11.4. The molecule has 14 heavy (non-hydrogen) atoms. The summed E-state index contributed by atoms with van der Waals surface area (Å²) in [6, 6.07) is 3.50. The summed E-state index contributed by atoms with van der Waals surface area (Å²) < 4.78 is 0. The topological polar surface area (TPSA) is 83.5 Å². The van der Waals surface area contributed by atoms with Crippen LogP contribution in [0.3, 0.4) is 0 Å². The first-order valence-corrected chi connectivity index (χ1v) is 4.37. The van der Waals surface area contributed by atoms with Gasteiger partial charge in [0.25, 0.3) is 0 Å². The zero-order valence-corrected chi connectivity index (χ0v) is 8.28. The highest BCUT2D eigenvalue weighted by atomic mass is 16.4. The molecule has 0 aromatic carbocycles. The molecular weight excluding hydrogens is 180 g/mol. The van der Waals surface area contributed by atoms with Crippen molar-refractivity contribution in [3.8, 4) is 0 Å². The van der Waals surface area contributed by atoms with Gasteiger partial charge in [0, 0.05) is 17.8 Å². The van der Waals surface area contributed by atoms with Crippen molar-refractivity contribution in [2.75, 3.05) is 11.9 Å². The van der Waals surface area contributed by atoms with Crippen LogP contribution >= 0.6 is 0 Å². The van der Waals surface area contributed by atoms with Crippen LogP contribution in [0.4, 0.5) is 5.82 Å². The third kappa shape index (κ3) is 2.35. The first-order valence-electron chi connectivity index (χ1n) is 4.37. The summed E-state index contributed by atoms with van der Waals surface area (Å²) in [6.45, 7) is 4.62. The second-order valence-corrected chi connectivity index (χ2v) is 2.90. The number of hydrogen-bond donors (Lipinski definition) is 3. The molecule has 76 valence electrons. The summed E-state index contributed by atoms with van der Waals surface area (Å²) in [6.07, 6.45) is 0. The lowest BCUT2D eigenvalue weighted by Gasteiger charge is -2.06. The van der Waals surface area contributed by atoms with E-state index < -0.39 is 0 Å². The van der Waals surface area contributed by atoms with Crippen LogP contribution in [0.5, 0.6) is 0 Å². The molecular formula is C9H14N4O. The van der Waals surface area contributed by atoms with Gasteiger partial charge in [0.05, 0.1) is 0 Å². The number of aromatic nitrogens is 1. The number of aryl methyl sites for hydroxylation is 1. The molecule has 0 atom stereocenters. The molecule has 0 aliphatic carbocycles. The molecule has 0 saturated heterocycles. The van der Waals surface area contributed by atoms with Crippen molar-refractivity contribution in [3.63, 3.8) is 0 Å². The molecule has 0 spiro atoms. The maximum Gasteiger partial charge on any atom is 0.170 e. The van der Waals surface area contributed by atoms with Crippen LogP contribution in [0.15, 0.2) is 17.3 Å². The van der Waals surface area contributed by atoms with Crippen LogP contribution in [0.25, 0.3) is 0 Å². The number of hydrogen-bond acceptors (Lipinski definition) is 4. The highest BCUT2D eigenvalue weighted by Crippen LogP contribution is 2.09. The van der Waals surface area contributed by atoms with Crippen LogP contribution in [0.2, 0.25) is 0 Å². The third-order valence-corrected chi connectivity index (χ3v) is 1.71. The van der Waals surface area contributed by atoms with E-state index >= 15 is 0 Å². The SMILES string of the molecule is CCNc1cc(/C(N)=N/O)cc(C)n1. The second-order valence-electron chi connectivity index (χ2n) is 2.90. The quantitative estimate of drug-likeness (QED) is 0.289. The Morgan fingerprint density at radius 2 is 2.36 bits per heavy atom. The third-order valence-electron chi connectivity index (χ3n) is 1.71. The molecule has 0 aliphatic rings. The largest absolute Gasteiger partial charge is 0.409 e. The average Bonchev–Trinajstić information content (AvgIpc) is 2.16. The number of pyridine rings is 1. The Hall–Kier alpha value is -1.78. The van der Waals surface area contributed by atoms with Gasteiger partial charge in [0.1, 0.15) is 5.82 Å². The van der Waals surface area contributed by atoms with E-state index in [-0.39, 0.29) is 5.84 Å². The fourth-order valence-corrected chi connectivity index (χ4v) is 1.15. The van der Waals surface area contributed by atoms with Gasteiger partial charge in [-0.25, -0.2) is 4.98 Å². The minimum absolute atomic E-state index is 0.0923. The van der Waals surface area contributed by atoms with Gasteiger partial charge < -0.3 is 16.3 Å². The van der Waals surface area contributed by atoms with Gasteiger partial charge in [-0.1, -0.05) is 5.16 Å². The maximum absolute atomic E-state index is 8.52. The smallest absolute Gasteiger partial charge is 0.170 e. The molecule has 1 rings (SSSR count). The molecule has 0 unspecified atom stereocenters. The first-order chi connectivity index (χ1) is 6.67. The van der Waals surface area contributed by atoms with Gasteiger partial charge in [-0.2, -0.15) is 0 Å². The Bertz CT molecular complexity index is 349. The van der Waals surface area contributed by atoms with Crippen LogP contribution < -0.4 is 11.1 Å². The van der Waals surface area contributed by atoms with Crippen LogP contribution in [-0.4, -0.2) is 22.6 Å². The summed E-state index contributed by atoms with van der Waals surface area (Å²) in [5.41, 5.74) is 6.96. The molecule has 0 amide bonds. The molecule has 4 N–H and O–H groups in total. The molecule has 0 bridgehead atoms. The molecule has 5 heteroatoms. The van der Waals surface area contributed by atoms with Gasteiger partial charge in [-0.3, -0.25) is 0 Å². The molecule has 0 radical (unpaired) electrons. The van der Waals surface area contributed by atoms with Gasteiger partial charge in [-0.05, 0) is 26.0 Å². The van der Waals surface area contributed by atoms with Crippen molar-refractivity contribution in [2.45, 2.75) is 13.8 Å². The minimum Gasteiger partial charge on any atom is -0.409 e. The molecule has 1 aromatic rings. The van der Waals surface area contributed by atoms with E-state index in [4.69, 9.17) is 10.9 Å². The Kier molecular flexibility index (Phi) is 3.28. The van der Waals surface area contributed by atoms with Crippen LogP contribution in [0, 0.1) is 6.92 Å². The molecule has 0 aliphatic heterocycles. The number of oxime groups is 1. The van der Waals surface area contributed by atoms with Crippen molar-refractivity contribution in [1.29, 1.82) is 0 Å². The molecule has 5 nitrogen and oxygen atoms in total. The summed E-state index contributed by atoms with van der Waals surface area (Å²) in [5, 5.41) is 14.5. The highest BCUT2D eigenvalue weighted by Gasteiger charge is 2.03. The van der Waals surface area contributed by atoms with Crippen LogP contribution in [-0.2, 0) is 0 Å². The zero-order chi connectivity index (χ0) is 10.6. The monoisotopic (exact) mass is 194 g/mol. The standard InChI is InChI=1S/C9H14N4O/c1-3-11-8-5-7(9(10)13-14)4-6(2)12-8/h4-5,14H,3H2,1-2H3,(H2,10,13)(H,11,12). The number of nitrogens with zero attached hydrogens (tertiary/aromatic N) is 2. The predicted octanol–water partition coefficient (Wildman–Crippen LogP) is 0.916. The second kappa shape index (κ2) is 4.45. The van der Waals surface area contributed by atoms with Gasteiger partial charge >= 0.3 is 0 Å². The zero-order valence-electron chi connectivity index (χ0n) is 8.28. The van der Waals surface area contributed by atoms with E-state index in [2.05, 4.69) is 15.5 Å². The van der Waals surface area contributed by atoms with E-state index in [0.29, 0.717) is 5.56 Å². The van der Waals surface area contributed by atoms with Crippen molar-refractivity contribution < 1.29 is 5.21 Å². The number of anilines is 1. The average molecular weight is 194 g/mol. The summed E-state index contributed by atoms with van der Waals surface area (Å²) in [5.74, 6) is 0.823. The Morgan fingerprint density at radius 1 is 1.64 bits per heavy atom. The van der Waals surface area contributed by atoms with Gasteiger partial charge in [0.15, 0.2) is 5.84 Å². The Labute approximate surface area is 82.6 Å². The molecule has 0 saturated carbocycles. The number of amidine groups is 1. The van der Waals surface area contributed by atoms with E-state index in [0.717, 1.165) is 18.1 Å². The van der Waals surface area contributed by atoms with E-state index in [1.54, 1.807) is 12.1 Å². The maximum atomic E-state index is 8.52. The van der Waals surface area contributed by atoms with E-state index in [1.165, 1.54) is 0 Å². The number of rotatable bonds is 3. The molecule has 0 fully saturated rings. The minimum atomic E-state index is 0.0923.